The van der Waals surface area contributed by atoms with Crippen LogP contribution < -0.4 is 0 Å². The van der Waals surface area contributed by atoms with Crippen LogP contribution in [0.5, 0.6) is 0 Å². The molecule has 0 aromatic rings. The highest BCUT2D eigenvalue weighted by Gasteiger charge is 2.00. The Morgan fingerprint density at radius 2 is 1.76 bits per heavy atom. The number of unbranched alkanes of at least 4 members (excludes halogenated alkanes) is 5. The van der Waals surface area contributed by atoms with Gasteiger partial charge < -0.3 is 4.74 Å². The maximum atomic E-state index is 11.0. The fourth-order valence-corrected chi connectivity index (χ4v) is 1.41. The van der Waals surface area contributed by atoms with Crippen LogP contribution in [0, 0.1) is 0 Å². The maximum Gasteiger partial charge on any atom is 0.333 e. The summed E-state index contributed by atoms with van der Waals surface area (Å²) < 4.78 is 4.99. The summed E-state index contributed by atoms with van der Waals surface area (Å²) in [7, 11) is 0. The van der Waals surface area contributed by atoms with Crippen LogP contribution in [0.25, 0.3) is 0 Å². The monoisotopic (exact) mass is 238 g/mol. The van der Waals surface area contributed by atoms with Gasteiger partial charge in [0.1, 0.15) is 0 Å². The lowest BCUT2D eigenvalue weighted by molar-refractivity contribution is -0.139. The Hall–Kier alpha value is -1.05. The van der Waals surface area contributed by atoms with E-state index in [9.17, 15) is 4.79 Å². The fourth-order valence-electron chi connectivity index (χ4n) is 1.41. The van der Waals surface area contributed by atoms with E-state index >= 15 is 0 Å². The van der Waals surface area contributed by atoms with Gasteiger partial charge in [0.05, 0.1) is 6.61 Å². The normalized spacial score (nSPS) is 10.7. The van der Waals surface area contributed by atoms with Gasteiger partial charge >= 0.3 is 5.97 Å². The van der Waals surface area contributed by atoms with E-state index in [-0.39, 0.29) is 5.97 Å². The Labute approximate surface area is 106 Å². The van der Waals surface area contributed by atoms with Crippen molar-refractivity contribution < 1.29 is 9.53 Å². The molecule has 0 unspecified atom stereocenters. The first kappa shape index (κ1) is 16.0. The van der Waals surface area contributed by atoms with Crippen molar-refractivity contribution >= 4 is 5.97 Å². The lowest BCUT2D eigenvalue weighted by Gasteiger charge is -2.02. The molecule has 0 spiro atoms. The van der Waals surface area contributed by atoms with Crippen LogP contribution in [0.2, 0.25) is 0 Å². The van der Waals surface area contributed by atoms with E-state index in [4.69, 9.17) is 4.74 Å². The summed E-state index contributed by atoms with van der Waals surface area (Å²) >= 11 is 0. The standard InChI is InChI=1S/C15H26O2/c1-4-5-6-7-8-9-10-11-12-13-17-15(16)14(2)3/h9-10H,2,4-8,11-13H2,1,3H3/b10-9+. The summed E-state index contributed by atoms with van der Waals surface area (Å²) in [5.41, 5.74) is 0.469. The zero-order valence-electron chi connectivity index (χ0n) is 11.3. The van der Waals surface area contributed by atoms with E-state index in [1.165, 1.54) is 32.1 Å². The largest absolute Gasteiger partial charge is 0.462 e. The van der Waals surface area contributed by atoms with Crippen molar-refractivity contribution in [1.29, 1.82) is 0 Å². The zero-order valence-corrected chi connectivity index (χ0v) is 11.3. The topological polar surface area (TPSA) is 26.3 Å². The molecular weight excluding hydrogens is 212 g/mol. The summed E-state index contributed by atoms with van der Waals surface area (Å²) in [6, 6.07) is 0. The van der Waals surface area contributed by atoms with Crippen LogP contribution in [-0.4, -0.2) is 12.6 Å². The number of rotatable bonds is 10. The van der Waals surface area contributed by atoms with Gasteiger partial charge in [0.25, 0.3) is 0 Å². The maximum absolute atomic E-state index is 11.0. The molecule has 0 heterocycles. The van der Waals surface area contributed by atoms with E-state index in [2.05, 4.69) is 25.7 Å². The SMILES string of the molecule is C=C(C)C(=O)OCCC/C=C/CCCCCC. The Bertz CT molecular complexity index is 241. The average Bonchev–Trinajstić information content (AvgIpc) is 2.31. The molecule has 0 fully saturated rings. The number of esters is 1. The second kappa shape index (κ2) is 11.4. The van der Waals surface area contributed by atoms with Crippen LogP contribution in [-0.2, 0) is 9.53 Å². The molecule has 0 amide bonds. The van der Waals surface area contributed by atoms with Crippen molar-refractivity contribution in [3.8, 4) is 0 Å². The van der Waals surface area contributed by atoms with E-state index in [0.29, 0.717) is 12.2 Å². The van der Waals surface area contributed by atoms with Crippen LogP contribution >= 0.6 is 0 Å². The molecule has 0 N–H and O–H groups in total. The van der Waals surface area contributed by atoms with Crippen LogP contribution in [0.1, 0.15) is 58.8 Å². The summed E-state index contributed by atoms with van der Waals surface area (Å²) in [5, 5.41) is 0. The minimum absolute atomic E-state index is 0.284. The molecule has 2 heteroatoms. The molecule has 17 heavy (non-hydrogen) atoms. The predicted molar refractivity (Wildman–Crippen MR) is 72.9 cm³/mol. The van der Waals surface area contributed by atoms with Crippen LogP contribution in [0.3, 0.4) is 0 Å². The summed E-state index contributed by atoms with van der Waals surface area (Å²) in [4.78, 5) is 11.0. The third-order valence-electron chi connectivity index (χ3n) is 2.49. The number of carbonyl (C=O) groups is 1. The van der Waals surface area contributed by atoms with Crippen molar-refractivity contribution in [2.75, 3.05) is 6.61 Å². The van der Waals surface area contributed by atoms with Crippen molar-refractivity contribution in [3.63, 3.8) is 0 Å². The molecule has 2 nitrogen and oxygen atoms in total. The van der Waals surface area contributed by atoms with Crippen molar-refractivity contribution in [2.24, 2.45) is 0 Å². The fraction of sp³-hybridized carbons (Fsp3) is 0.667. The number of hydrogen-bond donors (Lipinski definition) is 0. The average molecular weight is 238 g/mol. The summed E-state index contributed by atoms with van der Waals surface area (Å²) in [6.07, 6.45) is 12.7. The molecule has 0 aliphatic carbocycles. The lowest BCUT2D eigenvalue weighted by Crippen LogP contribution is -2.05. The second-order valence-corrected chi connectivity index (χ2v) is 4.38. The van der Waals surface area contributed by atoms with Gasteiger partial charge in [-0.1, -0.05) is 44.9 Å². The highest BCUT2D eigenvalue weighted by Crippen LogP contribution is 2.04. The third kappa shape index (κ3) is 11.2. The molecule has 0 aromatic carbocycles. The van der Waals surface area contributed by atoms with E-state index < -0.39 is 0 Å². The van der Waals surface area contributed by atoms with Crippen LogP contribution in [0.4, 0.5) is 0 Å². The minimum atomic E-state index is -0.284. The molecule has 0 saturated carbocycles. The van der Waals surface area contributed by atoms with Gasteiger partial charge in [-0.2, -0.15) is 0 Å². The van der Waals surface area contributed by atoms with E-state index in [1.54, 1.807) is 6.92 Å². The highest BCUT2D eigenvalue weighted by atomic mass is 16.5. The van der Waals surface area contributed by atoms with Gasteiger partial charge in [-0.05, 0) is 32.6 Å². The molecule has 0 atom stereocenters. The van der Waals surface area contributed by atoms with Gasteiger partial charge in [0.15, 0.2) is 0 Å². The molecule has 0 rings (SSSR count). The van der Waals surface area contributed by atoms with Crippen molar-refractivity contribution in [2.45, 2.75) is 58.8 Å². The van der Waals surface area contributed by atoms with Crippen molar-refractivity contribution in [1.82, 2.24) is 0 Å². The number of hydrogen-bond acceptors (Lipinski definition) is 2. The quantitative estimate of drug-likeness (QED) is 0.244. The van der Waals surface area contributed by atoms with E-state index in [0.717, 1.165) is 12.8 Å². The van der Waals surface area contributed by atoms with E-state index in [1.807, 2.05) is 0 Å². The van der Waals surface area contributed by atoms with Gasteiger partial charge in [0.2, 0.25) is 0 Å². The van der Waals surface area contributed by atoms with Gasteiger partial charge in [0, 0.05) is 5.57 Å². The molecular formula is C15H26O2. The first-order valence-corrected chi connectivity index (χ1v) is 6.66. The van der Waals surface area contributed by atoms with Gasteiger partial charge in [-0.15, -0.1) is 0 Å². The summed E-state index contributed by atoms with van der Waals surface area (Å²) in [6.45, 7) is 7.91. The molecule has 0 saturated heterocycles. The molecule has 0 aliphatic heterocycles. The second-order valence-electron chi connectivity index (χ2n) is 4.38. The number of ether oxygens (including phenoxy) is 1. The third-order valence-corrected chi connectivity index (χ3v) is 2.49. The highest BCUT2D eigenvalue weighted by molar-refractivity contribution is 5.86. The van der Waals surface area contributed by atoms with Crippen molar-refractivity contribution in [3.05, 3.63) is 24.3 Å². The smallest absolute Gasteiger partial charge is 0.333 e. The molecule has 0 aliphatic rings. The number of carbonyl (C=O) groups excluding carboxylic acids is 1. The minimum Gasteiger partial charge on any atom is -0.462 e. The molecule has 0 aromatic heterocycles. The van der Waals surface area contributed by atoms with Gasteiger partial charge in [-0.3, -0.25) is 0 Å². The first-order chi connectivity index (χ1) is 8.18. The zero-order chi connectivity index (χ0) is 12.9. The van der Waals surface area contributed by atoms with Crippen LogP contribution in [0.15, 0.2) is 24.3 Å². The molecule has 0 bridgehead atoms. The Morgan fingerprint density at radius 1 is 1.12 bits per heavy atom. The summed E-state index contributed by atoms with van der Waals surface area (Å²) in [5.74, 6) is -0.284. The Balaban J connectivity index is 3.25. The molecule has 0 radical (unpaired) electrons. The number of allylic oxidation sites excluding steroid dienone is 2. The predicted octanol–water partition coefficient (Wildman–Crippen LogP) is 4.41. The van der Waals surface area contributed by atoms with Gasteiger partial charge in [-0.25, -0.2) is 4.79 Å². The molecule has 98 valence electrons. The Kier molecular flexibility index (Phi) is 10.7. The first-order valence-electron chi connectivity index (χ1n) is 6.66. The lowest BCUT2D eigenvalue weighted by atomic mass is 10.1. The Morgan fingerprint density at radius 3 is 2.35 bits per heavy atom.